The smallest absolute Gasteiger partial charge is 0.224 e. The van der Waals surface area contributed by atoms with E-state index in [4.69, 9.17) is 11.6 Å². The third-order valence-corrected chi connectivity index (χ3v) is 3.71. The molecule has 4 nitrogen and oxygen atoms in total. The van der Waals surface area contributed by atoms with Crippen molar-refractivity contribution in [3.63, 3.8) is 0 Å². The van der Waals surface area contributed by atoms with Crippen LogP contribution in [0.1, 0.15) is 25.8 Å². The molecule has 2 atom stereocenters. The van der Waals surface area contributed by atoms with Crippen molar-refractivity contribution < 1.29 is 9.90 Å². The number of aromatic nitrogens is 1. The molecule has 21 heavy (non-hydrogen) atoms. The Hall–Kier alpha value is -1.52. The maximum absolute atomic E-state index is 12.0. The standard InChI is InChI=1S/C16H21ClN2O2/c1-10(5-11(2)20)8-19-16(21)6-12-9-18-15-4-3-13(17)7-14(12)15/h3-4,7,9-11,18,20H,5-6,8H2,1-2H3,(H,19,21). The Bertz CT molecular complexity index is 622. The molecule has 3 N–H and O–H groups in total. The van der Waals surface area contributed by atoms with Gasteiger partial charge in [0.05, 0.1) is 12.5 Å². The second-order valence-electron chi connectivity index (χ2n) is 5.67. The minimum atomic E-state index is -0.340. The predicted octanol–water partition coefficient (Wildman–Crippen LogP) is 2.89. The van der Waals surface area contributed by atoms with Gasteiger partial charge in [0.25, 0.3) is 0 Å². The number of halogens is 1. The Labute approximate surface area is 129 Å². The van der Waals surface area contributed by atoms with Crippen LogP contribution in [0.2, 0.25) is 5.02 Å². The summed E-state index contributed by atoms with van der Waals surface area (Å²) >= 11 is 6.00. The third kappa shape index (κ3) is 4.48. The molecule has 0 aliphatic carbocycles. The first-order valence-corrected chi connectivity index (χ1v) is 7.53. The highest BCUT2D eigenvalue weighted by Gasteiger charge is 2.11. The Morgan fingerprint density at radius 3 is 2.90 bits per heavy atom. The van der Waals surface area contributed by atoms with Gasteiger partial charge >= 0.3 is 0 Å². The zero-order valence-electron chi connectivity index (χ0n) is 12.3. The molecule has 1 amide bonds. The van der Waals surface area contributed by atoms with Crippen LogP contribution in [0.25, 0.3) is 10.9 Å². The molecule has 0 saturated carbocycles. The van der Waals surface area contributed by atoms with Gasteiger partial charge in [-0.2, -0.15) is 0 Å². The number of aliphatic hydroxyl groups excluding tert-OH is 1. The van der Waals surface area contributed by atoms with E-state index in [-0.39, 0.29) is 17.9 Å². The molecule has 1 heterocycles. The minimum Gasteiger partial charge on any atom is -0.393 e. The number of aliphatic hydroxyl groups is 1. The summed E-state index contributed by atoms with van der Waals surface area (Å²) < 4.78 is 0. The molecule has 0 bridgehead atoms. The number of benzene rings is 1. The largest absolute Gasteiger partial charge is 0.393 e. The summed E-state index contributed by atoms with van der Waals surface area (Å²) in [5.74, 6) is 0.236. The van der Waals surface area contributed by atoms with Crippen molar-refractivity contribution in [2.24, 2.45) is 5.92 Å². The summed E-state index contributed by atoms with van der Waals surface area (Å²) in [6, 6.07) is 5.60. The summed E-state index contributed by atoms with van der Waals surface area (Å²) in [5, 5.41) is 13.9. The zero-order valence-corrected chi connectivity index (χ0v) is 13.1. The fourth-order valence-electron chi connectivity index (χ4n) is 2.49. The van der Waals surface area contributed by atoms with Crippen molar-refractivity contribution in [2.45, 2.75) is 32.8 Å². The highest BCUT2D eigenvalue weighted by Crippen LogP contribution is 2.22. The lowest BCUT2D eigenvalue weighted by molar-refractivity contribution is -0.120. The number of rotatable bonds is 6. The first-order valence-electron chi connectivity index (χ1n) is 7.16. The van der Waals surface area contributed by atoms with Crippen molar-refractivity contribution >= 4 is 28.4 Å². The number of carbonyl (C=O) groups is 1. The van der Waals surface area contributed by atoms with Gasteiger partial charge in [0.1, 0.15) is 0 Å². The van der Waals surface area contributed by atoms with Crippen molar-refractivity contribution in [3.05, 3.63) is 35.0 Å². The lowest BCUT2D eigenvalue weighted by Crippen LogP contribution is -2.30. The third-order valence-electron chi connectivity index (χ3n) is 3.47. The van der Waals surface area contributed by atoms with E-state index in [0.29, 0.717) is 24.4 Å². The van der Waals surface area contributed by atoms with Gasteiger partial charge in [0.15, 0.2) is 0 Å². The second-order valence-corrected chi connectivity index (χ2v) is 6.11. The van der Waals surface area contributed by atoms with Crippen LogP contribution >= 0.6 is 11.6 Å². The number of amides is 1. The maximum Gasteiger partial charge on any atom is 0.224 e. The number of hydrogen-bond donors (Lipinski definition) is 3. The first kappa shape index (κ1) is 15.9. The fourth-order valence-corrected chi connectivity index (χ4v) is 2.66. The summed E-state index contributed by atoms with van der Waals surface area (Å²) in [5.41, 5.74) is 1.91. The van der Waals surface area contributed by atoms with Crippen molar-refractivity contribution in [1.29, 1.82) is 0 Å². The molecular formula is C16H21ClN2O2. The quantitative estimate of drug-likeness (QED) is 0.768. The molecule has 1 aromatic carbocycles. The molecule has 2 aromatic rings. The van der Waals surface area contributed by atoms with E-state index >= 15 is 0 Å². The molecule has 5 heteroatoms. The van der Waals surface area contributed by atoms with Gasteiger partial charge in [-0.25, -0.2) is 0 Å². The molecule has 0 aliphatic heterocycles. The lowest BCUT2D eigenvalue weighted by Gasteiger charge is -2.14. The van der Waals surface area contributed by atoms with Crippen LogP contribution in [-0.4, -0.2) is 28.6 Å². The highest BCUT2D eigenvalue weighted by atomic mass is 35.5. The average molecular weight is 309 g/mol. The van der Waals surface area contributed by atoms with Crippen LogP contribution in [-0.2, 0) is 11.2 Å². The fraction of sp³-hybridized carbons (Fsp3) is 0.438. The van der Waals surface area contributed by atoms with Gasteiger partial charge in [-0.3, -0.25) is 4.79 Å². The summed E-state index contributed by atoms with van der Waals surface area (Å²) in [7, 11) is 0. The molecule has 2 rings (SSSR count). The number of carbonyl (C=O) groups excluding carboxylic acids is 1. The Morgan fingerprint density at radius 2 is 2.19 bits per heavy atom. The molecule has 1 aromatic heterocycles. The van der Waals surface area contributed by atoms with Crippen molar-refractivity contribution in [3.8, 4) is 0 Å². The van der Waals surface area contributed by atoms with Crippen LogP contribution in [0.5, 0.6) is 0 Å². The Balaban J connectivity index is 1.94. The van der Waals surface area contributed by atoms with E-state index in [1.54, 1.807) is 6.92 Å². The SMILES string of the molecule is CC(O)CC(C)CNC(=O)Cc1c[nH]c2ccc(Cl)cc12. The van der Waals surface area contributed by atoms with Gasteiger partial charge in [-0.1, -0.05) is 18.5 Å². The number of nitrogens with one attached hydrogen (secondary N) is 2. The van der Waals surface area contributed by atoms with Crippen LogP contribution < -0.4 is 5.32 Å². The first-order chi connectivity index (χ1) is 9.95. The Morgan fingerprint density at radius 1 is 1.43 bits per heavy atom. The van der Waals surface area contributed by atoms with Gasteiger partial charge in [0, 0.05) is 28.7 Å². The molecule has 114 valence electrons. The van der Waals surface area contributed by atoms with E-state index < -0.39 is 0 Å². The van der Waals surface area contributed by atoms with Gasteiger partial charge < -0.3 is 15.4 Å². The van der Waals surface area contributed by atoms with E-state index in [1.807, 2.05) is 31.3 Å². The van der Waals surface area contributed by atoms with E-state index in [0.717, 1.165) is 16.5 Å². The normalized spacial score (nSPS) is 14.1. The maximum atomic E-state index is 12.0. The summed E-state index contributed by atoms with van der Waals surface area (Å²) in [4.78, 5) is 15.1. The lowest BCUT2D eigenvalue weighted by atomic mass is 10.0. The van der Waals surface area contributed by atoms with Crippen LogP contribution in [0.3, 0.4) is 0 Å². The monoisotopic (exact) mass is 308 g/mol. The number of aromatic amines is 1. The molecule has 2 unspecified atom stereocenters. The van der Waals surface area contributed by atoms with Crippen LogP contribution in [0, 0.1) is 5.92 Å². The number of H-pyrrole nitrogens is 1. The zero-order chi connectivity index (χ0) is 15.4. The molecule has 0 aliphatic rings. The van der Waals surface area contributed by atoms with E-state index in [2.05, 4.69) is 10.3 Å². The summed E-state index contributed by atoms with van der Waals surface area (Å²) in [6.45, 7) is 4.35. The van der Waals surface area contributed by atoms with Crippen LogP contribution in [0.4, 0.5) is 0 Å². The molecule has 0 radical (unpaired) electrons. The second kappa shape index (κ2) is 6.96. The summed E-state index contributed by atoms with van der Waals surface area (Å²) in [6.07, 6.45) is 2.51. The van der Waals surface area contributed by atoms with E-state index in [1.165, 1.54) is 0 Å². The van der Waals surface area contributed by atoms with Crippen molar-refractivity contribution in [1.82, 2.24) is 10.3 Å². The highest BCUT2D eigenvalue weighted by molar-refractivity contribution is 6.31. The van der Waals surface area contributed by atoms with Gasteiger partial charge in [-0.15, -0.1) is 0 Å². The number of hydrogen-bond acceptors (Lipinski definition) is 2. The topological polar surface area (TPSA) is 65.1 Å². The molecule has 0 spiro atoms. The molecule has 0 saturated heterocycles. The number of fused-ring (bicyclic) bond motifs is 1. The van der Waals surface area contributed by atoms with Gasteiger partial charge in [0.2, 0.25) is 5.91 Å². The van der Waals surface area contributed by atoms with Crippen LogP contribution in [0.15, 0.2) is 24.4 Å². The predicted molar refractivity (Wildman–Crippen MR) is 85.5 cm³/mol. The Kier molecular flexibility index (Phi) is 5.26. The van der Waals surface area contributed by atoms with E-state index in [9.17, 15) is 9.90 Å². The van der Waals surface area contributed by atoms with Crippen molar-refractivity contribution in [2.75, 3.05) is 6.54 Å². The van der Waals surface area contributed by atoms with Gasteiger partial charge in [-0.05, 0) is 43.0 Å². The average Bonchev–Trinajstić information content (AvgIpc) is 2.78. The molecule has 0 fully saturated rings. The molecular weight excluding hydrogens is 288 g/mol. The minimum absolute atomic E-state index is 0.0201.